The van der Waals surface area contributed by atoms with Crippen LogP contribution in [0, 0.1) is 46.3 Å². The lowest BCUT2D eigenvalue weighted by Gasteiger charge is -2.61. The lowest BCUT2D eigenvalue weighted by Crippen LogP contribution is -2.60. The summed E-state index contributed by atoms with van der Waals surface area (Å²) in [5.74, 6) is 3.87. The average Bonchev–Trinajstić information content (AvgIpc) is 3.23. The molecule has 0 amide bonds. The monoisotopic (exact) mass is 314 g/mol. The van der Waals surface area contributed by atoms with E-state index in [0.29, 0.717) is 41.3 Å². The zero-order chi connectivity index (χ0) is 16.2. The van der Waals surface area contributed by atoms with Gasteiger partial charge >= 0.3 is 0 Å². The number of rotatable bonds is 0. The van der Waals surface area contributed by atoms with Gasteiger partial charge in [0.25, 0.3) is 0 Å². The van der Waals surface area contributed by atoms with Crippen molar-refractivity contribution in [2.24, 2.45) is 46.3 Å². The summed E-state index contributed by atoms with van der Waals surface area (Å²) in [7, 11) is 0. The maximum atomic E-state index is 12.8. The van der Waals surface area contributed by atoms with Gasteiger partial charge in [-0.3, -0.25) is 4.79 Å². The zero-order valence-corrected chi connectivity index (χ0v) is 14.7. The molecular formula is C21H30O2. The summed E-state index contributed by atoms with van der Waals surface area (Å²) in [4.78, 5) is 12.8. The Hall–Kier alpha value is -0.630. The van der Waals surface area contributed by atoms with Gasteiger partial charge in [0.2, 0.25) is 0 Å². The standard InChI is InChI=1S/C21H30O2/c1-12-4-8-20(3)16-6-7-19(2)17(14-10-15(14)18(19)22)13(16)5-9-21(20,23)11-12/h5,9,12-17,23H,4,6-8,10-11H2,1-3H3. The highest BCUT2D eigenvalue weighted by molar-refractivity contribution is 5.92. The van der Waals surface area contributed by atoms with E-state index in [1.54, 1.807) is 0 Å². The first kappa shape index (κ1) is 14.7. The molecule has 1 N–H and O–H groups in total. The first-order valence-corrected chi connectivity index (χ1v) is 9.76. The van der Waals surface area contributed by atoms with Crippen molar-refractivity contribution in [3.05, 3.63) is 12.2 Å². The third-order valence-corrected chi connectivity index (χ3v) is 9.01. The van der Waals surface area contributed by atoms with Gasteiger partial charge in [0, 0.05) is 16.7 Å². The van der Waals surface area contributed by atoms with E-state index < -0.39 is 5.60 Å². The molecule has 23 heavy (non-hydrogen) atoms. The Morgan fingerprint density at radius 3 is 2.78 bits per heavy atom. The minimum absolute atomic E-state index is 0.0102. The number of aliphatic hydroxyl groups is 1. The van der Waals surface area contributed by atoms with Crippen LogP contribution in [0.3, 0.4) is 0 Å². The molecule has 0 aromatic carbocycles. The zero-order valence-electron chi connectivity index (χ0n) is 14.7. The summed E-state index contributed by atoms with van der Waals surface area (Å²) in [5, 5.41) is 11.4. The molecule has 5 aliphatic carbocycles. The minimum Gasteiger partial charge on any atom is -0.385 e. The van der Waals surface area contributed by atoms with E-state index >= 15 is 0 Å². The van der Waals surface area contributed by atoms with Gasteiger partial charge < -0.3 is 5.11 Å². The van der Waals surface area contributed by atoms with Crippen LogP contribution in [0.15, 0.2) is 12.2 Å². The van der Waals surface area contributed by atoms with Crippen LogP contribution in [0.5, 0.6) is 0 Å². The Kier molecular flexibility index (Phi) is 2.63. The number of ketones is 1. The number of hydrogen-bond donors (Lipinski definition) is 1. The Labute approximate surface area is 139 Å². The molecule has 4 fully saturated rings. The largest absolute Gasteiger partial charge is 0.385 e. The molecule has 0 spiro atoms. The highest BCUT2D eigenvalue weighted by Gasteiger charge is 2.71. The van der Waals surface area contributed by atoms with Crippen molar-refractivity contribution in [1.82, 2.24) is 0 Å². The van der Waals surface area contributed by atoms with E-state index in [-0.39, 0.29) is 10.8 Å². The first-order valence-electron chi connectivity index (χ1n) is 9.76. The van der Waals surface area contributed by atoms with Crippen LogP contribution in [0.4, 0.5) is 0 Å². The predicted octanol–water partition coefficient (Wildman–Crippen LogP) is 3.98. The van der Waals surface area contributed by atoms with Crippen molar-refractivity contribution < 1.29 is 9.90 Å². The molecule has 0 aromatic rings. The summed E-state index contributed by atoms with van der Waals surface area (Å²) in [6.07, 6.45) is 11.1. The molecule has 0 aliphatic heterocycles. The number of Topliss-reactive ketones (excluding diaryl/α,β-unsaturated/α-hetero) is 1. The van der Waals surface area contributed by atoms with Gasteiger partial charge in [0.1, 0.15) is 5.78 Å². The fraction of sp³-hybridized carbons (Fsp3) is 0.857. The quantitative estimate of drug-likeness (QED) is 0.687. The fourth-order valence-corrected chi connectivity index (χ4v) is 7.53. The van der Waals surface area contributed by atoms with Crippen molar-refractivity contribution in [2.75, 3.05) is 0 Å². The Balaban J connectivity index is 1.58. The average molecular weight is 314 g/mol. The Morgan fingerprint density at radius 2 is 2.00 bits per heavy atom. The van der Waals surface area contributed by atoms with Gasteiger partial charge in [-0.25, -0.2) is 0 Å². The minimum atomic E-state index is -0.620. The van der Waals surface area contributed by atoms with E-state index in [1.165, 1.54) is 6.42 Å². The van der Waals surface area contributed by atoms with E-state index in [1.807, 2.05) is 0 Å². The van der Waals surface area contributed by atoms with Gasteiger partial charge in [0.15, 0.2) is 0 Å². The summed E-state index contributed by atoms with van der Waals surface area (Å²) >= 11 is 0. The molecule has 2 nitrogen and oxygen atoms in total. The number of hydrogen-bond acceptors (Lipinski definition) is 2. The lowest BCUT2D eigenvalue weighted by molar-refractivity contribution is -0.160. The molecule has 5 aliphatic rings. The van der Waals surface area contributed by atoms with Gasteiger partial charge in [-0.15, -0.1) is 0 Å². The van der Waals surface area contributed by atoms with Gasteiger partial charge in [-0.2, -0.15) is 0 Å². The van der Waals surface area contributed by atoms with Crippen molar-refractivity contribution in [1.29, 1.82) is 0 Å². The molecule has 5 rings (SSSR count). The van der Waals surface area contributed by atoms with E-state index in [4.69, 9.17) is 0 Å². The molecule has 2 heteroatoms. The first-order chi connectivity index (χ1) is 10.8. The summed E-state index contributed by atoms with van der Waals surface area (Å²) < 4.78 is 0. The van der Waals surface area contributed by atoms with Gasteiger partial charge in [-0.1, -0.05) is 32.9 Å². The topological polar surface area (TPSA) is 37.3 Å². The van der Waals surface area contributed by atoms with Crippen LogP contribution in [0.1, 0.15) is 59.3 Å². The van der Waals surface area contributed by atoms with Crippen molar-refractivity contribution >= 4 is 5.78 Å². The van der Waals surface area contributed by atoms with Crippen LogP contribution in [0.2, 0.25) is 0 Å². The molecule has 126 valence electrons. The number of carbonyl (C=O) groups excluding carboxylic acids is 1. The normalized spacial score (nSPS) is 63.0. The second kappa shape index (κ2) is 4.12. The van der Waals surface area contributed by atoms with Gasteiger partial charge in [-0.05, 0) is 68.1 Å². The molecule has 0 saturated heterocycles. The molecule has 9 unspecified atom stereocenters. The fourth-order valence-electron chi connectivity index (χ4n) is 7.53. The third kappa shape index (κ3) is 1.57. The van der Waals surface area contributed by atoms with Crippen molar-refractivity contribution in [3.8, 4) is 0 Å². The summed E-state index contributed by atoms with van der Waals surface area (Å²) in [6.45, 7) is 6.88. The molecule has 9 atom stereocenters. The van der Waals surface area contributed by atoms with Crippen LogP contribution >= 0.6 is 0 Å². The second-order valence-electron chi connectivity index (χ2n) is 10.1. The predicted molar refractivity (Wildman–Crippen MR) is 89.6 cm³/mol. The SMILES string of the molecule is CC1CCC2(C)C3CCC4(C)C(=O)C5CC5C4C3C=CC2(O)C1. The van der Waals surface area contributed by atoms with Gasteiger partial charge in [0.05, 0.1) is 5.60 Å². The molecular weight excluding hydrogens is 284 g/mol. The number of carbonyl (C=O) groups is 1. The van der Waals surface area contributed by atoms with Crippen LogP contribution in [-0.2, 0) is 4.79 Å². The smallest absolute Gasteiger partial charge is 0.142 e. The van der Waals surface area contributed by atoms with E-state index in [2.05, 4.69) is 32.9 Å². The van der Waals surface area contributed by atoms with Crippen LogP contribution in [0.25, 0.3) is 0 Å². The summed E-state index contributed by atoms with van der Waals surface area (Å²) in [5.41, 5.74) is -0.672. The molecule has 0 heterocycles. The maximum Gasteiger partial charge on any atom is 0.142 e. The maximum absolute atomic E-state index is 12.8. The van der Waals surface area contributed by atoms with Crippen LogP contribution < -0.4 is 0 Å². The lowest BCUT2D eigenvalue weighted by atomic mass is 9.45. The van der Waals surface area contributed by atoms with Crippen molar-refractivity contribution in [3.63, 3.8) is 0 Å². The second-order valence-corrected chi connectivity index (χ2v) is 10.1. The van der Waals surface area contributed by atoms with Crippen LogP contribution in [-0.4, -0.2) is 16.5 Å². The highest BCUT2D eigenvalue weighted by atomic mass is 16.3. The van der Waals surface area contributed by atoms with Crippen molar-refractivity contribution in [2.45, 2.75) is 64.9 Å². The number of allylic oxidation sites excluding steroid dienone is 1. The number of fused-ring (bicyclic) bond motifs is 7. The molecule has 0 radical (unpaired) electrons. The Morgan fingerprint density at radius 1 is 1.22 bits per heavy atom. The van der Waals surface area contributed by atoms with E-state index in [0.717, 1.165) is 32.1 Å². The molecule has 4 saturated carbocycles. The van der Waals surface area contributed by atoms with E-state index in [9.17, 15) is 9.90 Å². The molecule has 0 bridgehead atoms. The highest BCUT2D eigenvalue weighted by Crippen LogP contribution is 2.71. The Bertz CT molecular complexity index is 609. The molecule has 0 aromatic heterocycles. The third-order valence-electron chi connectivity index (χ3n) is 9.01. The summed E-state index contributed by atoms with van der Waals surface area (Å²) in [6, 6.07) is 0.